The van der Waals surface area contributed by atoms with E-state index in [1.54, 1.807) is 6.08 Å². The maximum absolute atomic E-state index is 3.61. The van der Waals surface area contributed by atoms with Crippen LogP contribution in [0.15, 0.2) is 91.7 Å². The number of anilines is 1. The summed E-state index contributed by atoms with van der Waals surface area (Å²) in [7, 11) is 0. The van der Waals surface area contributed by atoms with Gasteiger partial charge in [0.15, 0.2) is 0 Å². The van der Waals surface area contributed by atoms with Gasteiger partial charge in [0.25, 0.3) is 0 Å². The number of benzene rings is 2. The van der Waals surface area contributed by atoms with Crippen molar-refractivity contribution < 1.29 is 0 Å². The van der Waals surface area contributed by atoms with Gasteiger partial charge in [0, 0.05) is 11.9 Å². The van der Waals surface area contributed by atoms with Crippen LogP contribution in [0.1, 0.15) is 0 Å². The molecule has 0 bridgehead atoms. The molecule has 19 heavy (non-hydrogen) atoms. The predicted molar refractivity (Wildman–Crippen MR) is 84.0 cm³/mol. The van der Waals surface area contributed by atoms with Gasteiger partial charge >= 0.3 is 0 Å². The molecule has 94 valence electrons. The lowest BCUT2D eigenvalue weighted by Crippen LogP contribution is -1.86. The van der Waals surface area contributed by atoms with Crippen molar-refractivity contribution >= 4 is 5.69 Å². The molecule has 1 nitrogen and oxygen atoms in total. The molecule has 2 aromatic rings. The van der Waals surface area contributed by atoms with Gasteiger partial charge in [-0.15, -0.1) is 0 Å². The van der Waals surface area contributed by atoms with E-state index in [0.717, 1.165) is 5.69 Å². The molecule has 0 saturated carbocycles. The third kappa shape index (κ3) is 4.00. The zero-order chi connectivity index (χ0) is 13.3. The number of rotatable bonds is 5. The van der Waals surface area contributed by atoms with E-state index in [4.69, 9.17) is 0 Å². The summed E-state index contributed by atoms with van der Waals surface area (Å²) in [6.45, 7) is 3.61. The highest BCUT2D eigenvalue weighted by Gasteiger charge is 1.95. The standard InChI is InChI=1S/C18H17N/c1-2-3-4-8-15-19-18-13-11-17(12-14-18)16-9-6-5-7-10-16/h2-15,19H,1H2/b4-3-,15-8+. The van der Waals surface area contributed by atoms with Crippen molar-refractivity contribution in [3.8, 4) is 11.1 Å². The molecule has 0 unspecified atom stereocenters. The quantitative estimate of drug-likeness (QED) is 0.731. The van der Waals surface area contributed by atoms with Gasteiger partial charge in [0.2, 0.25) is 0 Å². The zero-order valence-corrected chi connectivity index (χ0v) is 10.8. The van der Waals surface area contributed by atoms with Crippen LogP contribution in [0.3, 0.4) is 0 Å². The van der Waals surface area contributed by atoms with Gasteiger partial charge in [0.05, 0.1) is 0 Å². The largest absolute Gasteiger partial charge is 0.362 e. The first-order valence-electron chi connectivity index (χ1n) is 6.26. The molecular formula is C18H17N. The Balaban J connectivity index is 2.01. The average Bonchev–Trinajstić information content (AvgIpc) is 2.49. The van der Waals surface area contributed by atoms with Crippen LogP contribution in [0.4, 0.5) is 5.69 Å². The summed E-state index contributed by atoms with van der Waals surface area (Å²) >= 11 is 0. The third-order valence-corrected chi connectivity index (χ3v) is 2.70. The summed E-state index contributed by atoms with van der Waals surface area (Å²) in [5.74, 6) is 0. The van der Waals surface area contributed by atoms with Crippen LogP contribution < -0.4 is 5.32 Å². The van der Waals surface area contributed by atoms with Gasteiger partial charge in [-0.25, -0.2) is 0 Å². The van der Waals surface area contributed by atoms with Crippen molar-refractivity contribution in [1.29, 1.82) is 0 Å². The molecule has 0 aliphatic rings. The molecule has 0 aliphatic carbocycles. The Bertz CT molecular complexity index is 562. The highest BCUT2D eigenvalue weighted by molar-refractivity contribution is 5.66. The van der Waals surface area contributed by atoms with Crippen molar-refractivity contribution in [2.45, 2.75) is 0 Å². The Labute approximate surface area is 114 Å². The van der Waals surface area contributed by atoms with E-state index in [-0.39, 0.29) is 0 Å². The fourth-order valence-electron chi connectivity index (χ4n) is 1.73. The van der Waals surface area contributed by atoms with Gasteiger partial charge in [-0.1, -0.05) is 67.3 Å². The number of hydrogen-bond acceptors (Lipinski definition) is 1. The lowest BCUT2D eigenvalue weighted by atomic mass is 10.1. The van der Waals surface area contributed by atoms with Gasteiger partial charge < -0.3 is 5.32 Å². The molecule has 0 spiro atoms. The highest BCUT2D eigenvalue weighted by atomic mass is 14.8. The Kier molecular flexibility index (Phi) is 4.77. The van der Waals surface area contributed by atoms with E-state index in [2.05, 4.69) is 60.4 Å². The minimum atomic E-state index is 1.07. The monoisotopic (exact) mass is 247 g/mol. The molecule has 0 fully saturated rings. The molecule has 1 heteroatoms. The number of nitrogens with one attached hydrogen (secondary N) is 1. The molecule has 1 N–H and O–H groups in total. The van der Waals surface area contributed by atoms with E-state index in [9.17, 15) is 0 Å². The Morgan fingerprint density at radius 3 is 2.11 bits per heavy atom. The minimum absolute atomic E-state index is 1.07. The Morgan fingerprint density at radius 2 is 1.42 bits per heavy atom. The fraction of sp³-hybridized carbons (Fsp3) is 0. The summed E-state index contributed by atoms with van der Waals surface area (Å²) in [4.78, 5) is 0. The van der Waals surface area contributed by atoms with Crippen molar-refractivity contribution in [2.75, 3.05) is 5.32 Å². The van der Waals surface area contributed by atoms with E-state index >= 15 is 0 Å². The van der Waals surface area contributed by atoms with E-state index < -0.39 is 0 Å². The second kappa shape index (κ2) is 7.02. The smallest absolute Gasteiger partial charge is 0.0380 e. The van der Waals surface area contributed by atoms with Crippen LogP contribution in [-0.2, 0) is 0 Å². The van der Waals surface area contributed by atoms with Crippen molar-refractivity contribution in [2.24, 2.45) is 0 Å². The molecule has 0 aliphatic heterocycles. The average molecular weight is 247 g/mol. The van der Waals surface area contributed by atoms with Crippen LogP contribution in [0.2, 0.25) is 0 Å². The highest BCUT2D eigenvalue weighted by Crippen LogP contribution is 2.20. The first kappa shape index (κ1) is 12.9. The molecular weight excluding hydrogens is 230 g/mol. The summed E-state index contributed by atoms with van der Waals surface area (Å²) < 4.78 is 0. The number of allylic oxidation sites excluding steroid dienone is 4. The van der Waals surface area contributed by atoms with Crippen LogP contribution in [0, 0.1) is 0 Å². The molecule has 0 aromatic heterocycles. The summed E-state index contributed by atoms with van der Waals surface area (Å²) in [6.07, 6.45) is 9.40. The van der Waals surface area contributed by atoms with Crippen LogP contribution in [-0.4, -0.2) is 0 Å². The first-order chi connectivity index (χ1) is 9.40. The molecule has 2 aromatic carbocycles. The van der Waals surface area contributed by atoms with E-state index in [1.807, 2.05) is 30.5 Å². The summed E-state index contributed by atoms with van der Waals surface area (Å²) in [6, 6.07) is 18.7. The minimum Gasteiger partial charge on any atom is -0.362 e. The van der Waals surface area contributed by atoms with Gasteiger partial charge in [-0.3, -0.25) is 0 Å². The molecule has 2 rings (SSSR count). The molecule has 0 atom stereocenters. The van der Waals surface area contributed by atoms with Crippen molar-refractivity contribution in [3.05, 3.63) is 91.7 Å². The lowest BCUT2D eigenvalue weighted by molar-refractivity contribution is 1.56. The SMILES string of the molecule is C=C/C=C\C=C\Nc1ccc(-c2ccccc2)cc1. The van der Waals surface area contributed by atoms with Gasteiger partial charge in [0.1, 0.15) is 0 Å². The third-order valence-electron chi connectivity index (χ3n) is 2.70. The molecule has 0 radical (unpaired) electrons. The Hall–Kier alpha value is -2.54. The summed E-state index contributed by atoms with van der Waals surface area (Å²) in [5.41, 5.74) is 3.53. The first-order valence-corrected chi connectivity index (χ1v) is 6.26. The second-order valence-corrected chi connectivity index (χ2v) is 4.07. The molecule has 0 amide bonds. The Morgan fingerprint density at radius 1 is 0.737 bits per heavy atom. The van der Waals surface area contributed by atoms with Crippen LogP contribution in [0.25, 0.3) is 11.1 Å². The van der Waals surface area contributed by atoms with Gasteiger partial charge in [-0.05, 0) is 29.3 Å². The molecule has 0 saturated heterocycles. The fourth-order valence-corrected chi connectivity index (χ4v) is 1.73. The second-order valence-electron chi connectivity index (χ2n) is 4.07. The maximum atomic E-state index is 3.61. The van der Waals surface area contributed by atoms with Crippen molar-refractivity contribution in [3.63, 3.8) is 0 Å². The van der Waals surface area contributed by atoms with Crippen LogP contribution >= 0.6 is 0 Å². The summed E-state index contributed by atoms with van der Waals surface area (Å²) in [5, 5.41) is 3.22. The topological polar surface area (TPSA) is 12.0 Å². The van der Waals surface area contributed by atoms with Gasteiger partial charge in [-0.2, -0.15) is 0 Å². The normalized spacial score (nSPS) is 10.9. The predicted octanol–water partition coefficient (Wildman–Crippen LogP) is 5.02. The lowest BCUT2D eigenvalue weighted by Gasteiger charge is -2.04. The zero-order valence-electron chi connectivity index (χ0n) is 10.8. The maximum Gasteiger partial charge on any atom is 0.0380 e. The van der Waals surface area contributed by atoms with Crippen LogP contribution in [0.5, 0.6) is 0 Å². The van der Waals surface area contributed by atoms with E-state index in [1.165, 1.54) is 11.1 Å². The number of hydrogen-bond donors (Lipinski definition) is 1. The molecule has 0 heterocycles. The van der Waals surface area contributed by atoms with E-state index in [0.29, 0.717) is 0 Å². The van der Waals surface area contributed by atoms with Crippen molar-refractivity contribution in [1.82, 2.24) is 0 Å².